The second-order valence-electron chi connectivity index (χ2n) is 4.95. The van der Waals surface area contributed by atoms with Gasteiger partial charge < -0.3 is 19.5 Å². The number of carbonyl (C=O) groups excluding carboxylic acids is 1. The van der Waals surface area contributed by atoms with Gasteiger partial charge >= 0.3 is 6.09 Å². The minimum absolute atomic E-state index is 0.0297. The second-order valence-corrected chi connectivity index (χ2v) is 4.95. The lowest BCUT2D eigenvalue weighted by Crippen LogP contribution is -2.39. The van der Waals surface area contributed by atoms with Crippen LogP contribution < -0.4 is 5.32 Å². The average Bonchev–Trinajstić information content (AvgIpc) is 2.51. The summed E-state index contributed by atoms with van der Waals surface area (Å²) in [6.07, 6.45) is 0.0297. The molecule has 0 aromatic heterocycles. The monoisotopic (exact) mass is 231 g/mol. The molecule has 1 saturated heterocycles. The molecule has 1 rings (SSSR count). The first-order chi connectivity index (χ1) is 7.37. The summed E-state index contributed by atoms with van der Waals surface area (Å²) in [5.74, 6) is 0. The van der Waals surface area contributed by atoms with Crippen molar-refractivity contribution in [2.75, 3.05) is 13.2 Å². The van der Waals surface area contributed by atoms with Crippen LogP contribution in [0.2, 0.25) is 0 Å². The molecule has 0 spiro atoms. The van der Waals surface area contributed by atoms with Crippen molar-refractivity contribution in [3.05, 3.63) is 0 Å². The van der Waals surface area contributed by atoms with Gasteiger partial charge in [-0.15, -0.1) is 0 Å². The fourth-order valence-electron chi connectivity index (χ4n) is 1.40. The maximum Gasteiger partial charge on any atom is 0.407 e. The minimum atomic E-state index is -0.468. The molecular weight excluding hydrogens is 210 g/mol. The van der Waals surface area contributed by atoms with Crippen molar-refractivity contribution in [1.29, 1.82) is 0 Å². The highest BCUT2D eigenvalue weighted by Crippen LogP contribution is 2.11. The number of hydrogen-bond donors (Lipinski definition) is 1. The Morgan fingerprint density at radius 2 is 2.00 bits per heavy atom. The van der Waals surface area contributed by atoms with Crippen LogP contribution in [0.15, 0.2) is 0 Å². The van der Waals surface area contributed by atoms with Crippen LogP contribution in [0.4, 0.5) is 4.79 Å². The van der Waals surface area contributed by atoms with E-state index in [9.17, 15) is 4.79 Å². The molecule has 1 aliphatic heterocycles. The largest absolute Gasteiger partial charge is 0.444 e. The number of carbonyl (C=O) groups is 1. The summed E-state index contributed by atoms with van der Waals surface area (Å²) in [7, 11) is 0. The normalized spacial score (nSPS) is 19.5. The topological polar surface area (TPSA) is 56.8 Å². The highest BCUT2D eigenvalue weighted by molar-refractivity contribution is 5.67. The van der Waals surface area contributed by atoms with Crippen LogP contribution in [0.25, 0.3) is 0 Å². The van der Waals surface area contributed by atoms with Gasteiger partial charge in [-0.1, -0.05) is 0 Å². The number of hydrogen-bond acceptors (Lipinski definition) is 4. The molecule has 1 amide bonds. The zero-order chi connectivity index (χ0) is 12.2. The fourth-order valence-corrected chi connectivity index (χ4v) is 1.40. The van der Waals surface area contributed by atoms with Crippen molar-refractivity contribution in [1.82, 2.24) is 5.32 Å². The zero-order valence-corrected chi connectivity index (χ0v) is 10.4. The summed E-state index contributed by atoms with van der Waals surface area (Å²) in [5.41, 5.74) is -0.468. The van der Waals surface area contributed by atoms with Crippen LogP contribution in [0.3, 0.4) is 0 Å². The van der Waals surface area contributed by atoms with Gasteiger partial charge in [-0.3, -0.25) is 0 Å². The quantitative estimate of drug-likeness (QED) is 0.802. The van der Waals surface area contributed by atoms with E-state index in [-0.39, 0.29) is 12.3 Å². The first-order valence-corrected chi connectivity index (χ1v) is 5.59. The maximum absolute atomic E-state index is 11.4. The summed E-state index contributed by atoms with van der Waals surface area (Å²) in [6, 6.07) is -0.0297. The van der Waals surface area contributed by atoms with Gasteiger partial charge in [-0.2, -0.15) is 0 Å². The van der Waals surface area contributed by atoms with Crippen LogP contribution in [0.5, 0.6) is 0 Å². The van der Waals surface area contributed by atoms with E-state index in [0.29, 0.717) is 19.6 Å². The molecule has 1 fully saturated rings. The molecule has 5 heteroatoms. The van der Waals surface area contributed by atoms with Gasteiger partial charge in [0.15, 0.2) is 6.29 Å². The van der Waals surface area contributed by atoms with Crippen molar-refractivity contribution in [3.8, 4) is 0 Å². The van der Waals surface area contributed by atoms with E-state index >= 15 is 0 Å². The van der Waals surface area contributed by atoms with Gasteiger partial charge in [0.2, 0.25) is 0 Å². The van der Waals surface area contributed by atoms with Gasteiger partial charge in [0.1, 0.15) is 5.60 Å². The first-order valence-electron chi connectivity index (χ1n) is 5.59. The predicted molar refractivity (Wildman–Crippen MR) is 59.1 cm³/mol. The first kappa shape index (κ1) is 13.3. The Bertz CT molecular complexity index is 231. The number of alkyl carbamates (subject to hydrolysis) is 1. The molecule has 0 aliphatic carbocycles. The van der Waals surface area contributed by atoms with Crippen LogP contribution in [0, 0.1) is 0 Å². The highest BCUT2D eigenvalue weighted by Gasteiger charge is 2.22. The van der Waals surface area contributed by atoms with Gasteiger partial charge in [0, 0.05) is 12.5 Å². The Hall–Kier alpha value is -0.810. The Morgan fingerprint density at radius 1 is 1.44 bits per heavy atom. The number of nitrogens with one attached hydrogen (secondary N) is 1. The molecule has 1 atom stereocenters. The lowest BCUT2D eigenvalue weighted by molar-refractivity contribution is -0.0518. The summed E-state index contributed by atoms with van der Waals surface area (Å²) >= 11 is 0. The van der Waals surface area contributed by atoms with E-state index in [0.717, 1.165) is 0 Å². The zero-order valence-electron chi connectivity index (χ0n) is 10.4. The molecule has 0 radical (unpaired) electrons. The molecule has 1 heterocycles. The average molecular weight is 231 g/mol. The molecule has 0 saturated carbocycles. The predicted octanol–water partition coefficient (Wildman–Crippen LogP) is 1.66. The standard InChI is InChI=1S/C11H21NO4/c1-8(7-9-14-5-6-15-9)12-10(13)16-11(2,3)4/h8-9H,5-7H2,1-4H3,(H,12,13)/t8-/m0/s1. The third-order valence-corrected chi connectivity index (χ3v) is 2.00. The molecule has 1 N–H and O–H groups in total. The highest BCUT2D eigenvalue weighted by atomic mass is 16.7. The summed E-state index contributed by atoms with van der Waals surface area (Å²) in [5, 5.41) is 2.74. The fraction of sp³-hybridized carbons (Fsp3) is 0.909. The summed E-state index contributed by atoms with van der Waals surface area (Å²) < 4.78 is 15.7. The Labute approximate surface area is 96.4 Å². The van der Waals surface area contributed by atoms with E-state index in [1.54, 1.807) is 0 Å². The van der Waals surface area contributed by atoms with Crippen molar-refractivity contribution in [2.24, 2.45) is 0 Å². The van der Waals surface area contributed by atoms with Gasteiger partial charge in [-0.05, 0) is 27.7 Å². The molecule has 0 aromatic rings. The Kier molecular flexibility index (Phi) is 4.56. The van der Waals surface area contributed by atoms with Crippen molar-refractivity contribution < 1.29 is 19.0 Å². The van der Waals surface area contributed by atoms with E-state index in [1.165, 1.54) is 0 Å². The van der Waals surface area contributed by atoms with Gasteiger partial charge in [0.05, 0.1) is 13.2 Å². The van der Waals surface area contributed by atoms with Crippen molar-refractivity contribution >= 4 is 6.09 Å². The lowest BCUT2D eigenvalue weighted by atomic mass is 10.2. The van der Waals surface area contributed by atoms with Crippen LogP contribution >= 0.6 is 0 Å². The third kappa shape index (κ3) is 5.32. The van der Waals surface area contributed by atoms with Crippen molar-refractivity contribution in [2.45, 2.75) is 52.0 Å². The summed E-state index contributed by atoms with van der Waals surface area (Å²) in [4.78, 5) is 11.4. The molecule has 1 aliphatic rings. The number of amides is 1. The smallest absolute Gasteiger partial charge is 0.407 e. The minimum Gasteiger partial charge on any atom is -0.444 e. The Balaban J connectivity index is 2.22. The van der Waals surface area contributed by atoms with Crippen molar-refractivity contribution in [3.63, 3.8) is 0 Å². The molecule has 0 unspecified atom stereocenters. The summed E-state index contributed by atoms with van der Waals surface area (Å²) in [6.45, 7) is 8.66. The van der Waals surface area contributed by atoms with E-state index < -0.39 is 11.7 Å². The molecule has 94 valence electrons. The molecule has 5 nitrogen and oxygen atoms in total. The number of ether oxygens (including phenoxy) is 3. The van der Waals surface area contributed by atoms with Crippen LogP contribution in [-0.4, -0.2) is 37.2 Å². The van der Waals surface area contributed by atoms with E-state index in [4.69, 9.17) is 14.2 Å². The SMILES string of the molecule is C[C@@H](CC1OCCO1)NC(=O)OC(C)(C)C. The molecule has 16 heavy (non-hydrogen) atoms. The van der Waals surface area contributed by atoms with Crippen LogP contribution in [-0.2, 0) is 14.2 Å². The van der Waals surface area contributed by atoms with Gasteiger partial charge in [-0.25, -0.2) is 4.79 Å². The lowest BCUT2D eigenvalue weighted by Gasteiger charge is -2.22. The maximum atomic E-state index is 11.4. The van der Waals surface area contributed by atoms with E-state index in [2.05, 4.69) is 5.32 Å². The Morgan fingerprint density at radius 3 is 2.50 bits per heavy atom. The van der Waals surface area contributed by atoms with Gasteiger partial charge in [0.25, 0.3) is 0 Å². The third-order valence-electron chi connectivity index (χ3n) is 2.00. The number of rotatable bonds is 3. The molecular formula is C11H21NO4. The van der Waals surface area contributed by atoms with Crippen LogP contribution in [0.1, 0.15) is 34.1 Å². The van der Waals surface area contributed by atoms with E-state index in [1.807, 2.05) is 27.7 Å². The second kappa shape index (κ2) is 5.50. The molecule has 0 bridgehead atoms. The molecule has 0 aromatic carbocycles.